The summed E-state index contributed by atoms with van der Waals surface area (Å²) in [4.78, 5) is 14.4. The first-order valence-corrected chi connectivity index (χ1v) is 4.36. The van der Waals surface area contributed by atoms with E-state index in [-0.39, 0.29) is 5.69 Å². The van der Waals surface area contributed by atoms with Crippen LogP contribution in [-0.2, 0) is 0 Å². The lowest BCUT2D eigenvalue weighted by atomic mass is 10.1. The number of rotatable bonds is 2. The van der Waals surface area contributed by atoms with Gasteiger partial charge in [0, 0.05) is 12.1 Å². The molecule has 1 aliphatic heterocycles. The number of oxazole rings is 1. The van der Waals surface area contributed by atoms with Gasteiger partial charge in [-0.25, -0.2) is 9.78 Å². The van der Waals surface area contributed by atoms with Gasteiger partial charge in [0.1, 0.15) is 6.26 Å². The number of carboxylic acid groups (broad SMARTS) is 1. The molecule has 2 heterocycles. The van der Waals surface area contributed by atoms with Crippen LogP contribution in [0.15, 0.2) is 16.8 Å². The molecule has 1 aromatic rings. The van der Waals surface area contributed by atoms with Crippen molar-refractivity contribution >= 4 is 11.5 Å². The van der Waals surface area contributed by atoms with Crippen LogP contribution in [0.4, 0.5) is 0 Å². The maximum atomic E-state index is 10.5. The molecule has 0 saturated carbocycles. The van der Waals surface area contributed by atoms with Gasteiger partial charge in [0.25, 0.3) is 0 Å². The van der Waals surface area contributed by atoms with Gasteiger partial charge in [-0.05, 0) is 13.0 Å². The van der Waals surface area contributed by atoms with Crippen LogP contribution in [0.3, 0.4) is 0 Å². The van der Waals surface area contributed by atoms with Crippen molar-refractivity contribution in [1.82, 2.24) is 10.3 Å². The van der Waals surface area contributed by atoms with Gasteiger partial charge >= 0.3 is 5.97 Å². The van der Waals surface area contributed by atoms with Gasteiger partial charge in [0.2, 0.25) is 5.89 Å². The molecule has 74 valence electrons. The summed E-state index contributed by atoms with van der Waals surface area (Å²) in [6.45, 7) is 1.65. The van der Waals surface area contributed by atoms with Crippen LogP contribution in [0.2, 0.25) is 0 Å². The minimum Gasteiger partial charge on any atom is -0.476 e. The Bertz CT molecular complexity index is 381. The highest BCUT2D eigenvalue weighted by atomic mass is 16.4. The first-order chi connectivity index (χ1) is 6.77. The lowest BCUT2D eigenvalue weighted by Crippen LogP contribution is -2.20. The van der Waals surface area contributed by atoms with Crippen molar-refractivity contribution < 1.29 is 14.3 Å². The SMILES string of the molecule is O=C(O)c1coc(C2=CCNCC2)n1. The highest BCUT2D eigenvalue weighted by Gasteiger charge is 2.14. The Hall–Kier alpha value is -1.62. The molecule has 0 saturated heterocycles. The molecule has 2 rings (SSSR count). The van der Waals surface area contributed by atoms with Crippen molar-refractivity contribution in [3.05, 3.63) is 23.9 Å². The van der Waals surface area contributed by atoms with Gasteiger partial charge in [-0.15, -0.1) is 0 Å². The Kier molecular flexibility index (Phi) is 2.32. The Morgan fingerprint density at radius 1 is 1.64 bits per heavy atom. The maximum Gasteiger partial charge on any atom is 0.357 e. The second-order valence-corrected chi connectivity index (χ2v) is 3.03. The molecule has 1 aromatic heterocycles. The molecule has 1 aliphatic rings. The molecule has 0 amide bonds. The summed E-state index contributed by atoms with van der Waals surface area (Å²) in [5.74, 6) is -0.640. The third kappa shape index (κ3) is 1.67. The Labute approximate surface area is 80.4 Å². The normalized spacial score (nSPS) is 16.4. The van der Waals surface area contributed by atoms with Crippen LogP contribution in [0, 0.1) is 0 Å². The van der Waals surface area contributed by atoms with E-state index in [1.807, 2.05) is 6.08 Å². The molecule has 2 N–H and O–H groups in total. The van der Waals surface area contributed by atoms with Crippen molar-refractivity contribution in [3.63, 3.8) is 0 Å². The zero-order chi connectivity index (χ0) is 9.97. The Morgan fingerprint density at radius 2 is 2.50 bits per heavy atom. The third-order valence-electron chi connectivity index (χ3n) is 2.06. The molecule has 5 heteroatoms. The molecule has 14 heavy (non-hydrogen) atoms. The number of carboxylic acids is 1. The molecule has 0 bridgehead atoms. The first kappa shape index (κ1) is 8.96. The van der Waals surface area contributed by atoms with Crippen LogP contribution in [0.1, 0.15) is 22.8 Å². The summed E-state index contributed by atoms with van der Waals surface area (Å²) in [5, 5.41) is 11.8. The fourth-order valence-corrected chi connectivity index (χ4v) is 1.34. The molecule has 0 fully saturated rings. The quantitative estimate of drug-likeness (QED) is 0.726. The molecular weight excluding hydrogens is 184 g/mol. The second kappa shape index (κ2) is 3.63. The van der Waals surface area contributed by atoms with E-state index in [0.29, 0.717) is 5.89 Å². The number of hydrogen-bond donors (Lipinski definition) is 2. The molecule has 0 spiro atoms. The summed E-state index contributed by atoms with van der Waals surface area (Å²) in [6.07, 6.45) is 3.95. The number of carbonyl (C=O) groups is 1. The lowest BCUT2D eigenvalue weighted by molar-refractivity contribution is 0.0690. The standard InChI is InChI=1S/C9H10N2O3/c12-9(13)7-5-14-8(11-7)6-1-3-10-4-2-6/h1,5,10H,2-4H2,(H,12,13). The topological polar surface area (TPSA) is 75.4 Å². The van der Waals surface area contributed by atoms with Gasteiger partial charge in [-0.1, -0.05) is 6.08 Å². The lowest BCUT2D eigenvalue weighted by Gasteiger charge is -2.10. The third-order valence-corrected chi connectivity index (χ3v) is 2.06. The van der Waals surface area contributed by atoms with E-state index < -0.39 is 5.97 Å². The zero-order valence-electron chi connectivity index (χ0n) is 7.49. The van der Waals surface area contributed by atoms with Gasteiger partial charge < -0.3 is 14.8 Å². The van der Waals surface area contributed by atoms with E-state index >= 15 is 0 Å². The fourth-order valence-electron chi connectivity index (χ4n) is 1.34. The molecule has 0 unspecified atom stereocenters. The Morgan fingerprint density at radius 3 is 3.07 bits per heavy atom. The van der Waals surface area contributed by atoms with Gasteiger partial charge in [-0.3, -0.25) is 0 Å². The molecule has 0 aromatic carbocycles. The average Bonchev–Trinajstić information content (AvgIpc) is 2.68. The van der Waals surface area contributed by atoms with E-state index in [1.54, 1.807) is 0 Å². The summed E-state index contributed by atoms with van der Waals surface area (Å²) in [5.41, 5.74) is 0.927. The number of aromatic nitrogens is 1. The van der Waals surface area contributed by atoms with E-state index in [4.69, 9.17) is 9.52 Å². The number of nitrogens with one attached hydrogen (secondary N) is 1. The molecule has 0 radical (unpaired) electrons. The molecule has 0 aliphatic carbocycles. The van der Waals surface area contributed by atoms with Crippen LogP contribution < -0.4 is 5.32 Å². The Balaban J connectivity index is 2.23. The largest absolute Gasteiger partial charge is 0.476 e. The highest BCUT2D eigenvalue weighted by Crippen LogP contribution is 2.18. The van der Waals surface area contributed by atoms with E-state index in [0.717, 1.165) is 25.1 Å². The van der Waals surface area contributed by atoms with Crippen LogP contribution >= 0.6 is 0 Å². The number of aromatic carboxylic acids is 1. The number of nitrogens with zero attached hydrogens (tertiary/aromatic N) is 1. The predicted octanol–water partition coefficient (Wildman–Crippen LogP) is 0.750. The highest BCUT2D eigenvalue weighted by molar-refractivity contribution is 5.85. The second-order valence-electron chi connectivity index (χ2n) is 3.03. The molecular formula is C9H10N2O3. The first-order valence-electron chi connectivity index (χ1n) is 4.36. The maximum absolute atomic E-state index is 10.5. The average molecular weight is 194 g/mol. The van der Waals surface area contributed by atoms with Crippen LogP contribution in [0.5, 0.6) is 0 Å². The smallest absolute Gasteiger partial charge is 0.357 e. The summed E-state index contributed by atoms with van der Waals surface area (Å²) in [6, 6.07) is 0. The minimum atomic E-state index is -1.06. The van der Waals surface area contributed by atoms with E-state index in [1.165, 1.54) is 6.26 Å². The summed E-state index contributed by atoms with van der Waals surface area (Å²) in [7, 11) is 0. The number of hydrogen-bond acceptors (Lipinski definition) is 4. The van der Waals surface area contributed by atoms with Crippen LogP contribution in [0.25, 0.3) is 5.57 Å². The fraction of sp³-hybridized carbons (Fsp3) is 0.333. The van der Waals surface area contributed by atoms with E-state index in [9.17, 15) is 4.79 Å². The molecule has 5 nitrogen and oxygen atoms in total. The zero-order valence-corrected chi connectivity index (χ0v) is 7.49. The predicted molar refractivity (Wildman–Crippen MR) is 48.9 cm³/mol. The van der Waals surface area contributed by atoms with Crippen molar-refractivity contribution in [1.29, 1.82) is 0 Å². The monoisotopic (exact) mass is 194 g/mol. The summed E-state index contributed by atoms with van der Waals surface area (Å²) >= 11 is 0. The molecule has 0 atom stereocenters. The van der Waals surface area contributed by atoms with Gasteiger partial charge in [0.15, 0.2) is 5.69 Å². The van der Waals surface area contributed by atoms with Crippen molar-refractivity contribution in [3.8, 4) is 0 Å². The van der Waals surface area contributed by atoms with Crippen LogP contribution in [-0.4, -0.2) is 29.1 Å². The van der Waals surface area contributed by atoms with Gasteiger partial charge in [0.05, 0.1) is 0 Å². The summed E-state index contributed by atoms with van der Waals surface area (Å²) < 4.78 is 5.08. The van der Waals surface area contributed by atoms with Gasteiger partial charge in [-0.2, -0.15) is 0 Å². The van der Waals surface area contributed by atoms with Crippen molar-refractivity contribution in [2.24, 2.45) is 0 Å². The van der Waals surface area contributed by atoms with E-state index in [2.05, 4.69) is 10.3 Å². The van der Waals surface area contributed by atoms with Crippen molar-refractivity contribution in [2.75, 3.05) is 13.1 Å². The van der Waals surface area contributed by atoms with Crippen molar-refractivity contribution in [2.45, 2.75) is 6.42 Å². The minimum absolute atomic E-state index is 0.0422.